The van der Waals surface area contributed by atoms with Crippen LogP contribution in [0.4, 0.5) is 10.1 Å². The third-order valence-corrected chi connectivity index (χ3v) is 3.85. The zero-order valence-corrected chi connectivity index (χ0v) is 15.0. The van der Waals surface area contributed by atoms with Gasteiger partial charge in [0.1, 0.15) is 17.6 Å². The Morgan fingerprint density at radius 3 is 2.56 bits per heavy atom. The average Bonchev–Trinajstić information content (AvgIpc) is 2.57. The number of nitriles is 1. The summed E-state index contributed by atoms with van der Waals surface area (Å²) in [5, 5.41) is 12.8. The molecule has 2 aromatic rings. The van der Waals surface area contributed by atoms with Gasteiger partial charge in [-0.3, -0.25) is 4.79 Å². The van der Waals surface area contributed by atoms with Crippen molar-refractivity contribution in [2.24, 2.45) is 5.92 Å². The van der Waals surface area contributed by atoms with Crippen molar-refractivity contribution in [1.29, 1.82) is 5.26 Å². The maximum atomic E-state index is 13.3. The minimum atomic E-state index is -0.879. The number of anilines is 1. The Hall–Kier alpha value is -2.29. The summed E-state index contributed by atoms with van der Waals surface area (Å²) in [5.74, 6) is -1.08. The molecule has 0 aliphatic carbocycles. The van der Waals surface area contributed by atoms with E-state index in [-0.39, 0.29) is 16.7 Å². The molecular formula is C18H15Cl2FN2O2. The fourth-order valence-electron chi connectivity index (χ4n) is 2.00. The highest BCUT2D eigenvalue weighted by Gasteiger charge is 2.20. The summed E-state index contributed by atoms with van der Waals surface area (Å²) < 4.78 is 18.6. The lowest BCUT2D eigenvalue weighted by Gasteiger charge is -2.18. The third-order valence-electron chi connectivity index (χ3n) is 3.32. The highest BCUT2D eigenvalue weighted by Crippen LogP contribution is 2.32. The summed E-state index contributed by atoms with van der Waals surface area (Å²) in [6.07, 6.45) is 0. The molecule has 0 aliphatic rings. The summed E-state index contributed by atoms with van der Waals surface area (Å²) in [4.78, 5) is 11.9. The zero-order valence-electron chi connectivity index (χ0n) is 13.5. The van der Waals surface area contributed by atoms with Crippen molar-refractivity contribution in [2.75, 3.05) is 5.32 Å². The van der Waals surface area contributed by atoms with Gasteiger partial charge in [0.15, 0.2) is 0 Å². The molecule has 4 nitrogen and oxygen atoms in total. The predicted molar refractivity (Wildman–Crippen MR) is 95.3 cm³/mol. The number of halogens is 3. The third kappa shape index (κ3) is 4.85. The summed E-state index contributed by atoms with van der Waals surface area (Å²) in [5.41, 5.74) is 0.837. The Bertz CT molecular complexity index is 834. The van der Waals surface area contributed by atoms with Crippen LogP contribution in [0.2, 0.25) is 10.0 Å². The number of ether oxygens (including phenoxy) is 1. The monoisotopic (exact) mass is 380 g/mol. The quantitative estimate of drug-likeness (QED) is 0.559. The molecule has 0 radical (unpaired) electrons. The van der Waals surface area contributed by atoms with Gasteiger partial charge in [-0.15, -0.1) is 0 Å². The van der Waals surface area contributed by atoms with Gasteiger partial charge in [0, 0.05) is 16.3 Å². The smallest absolute Gasteiger partial charge is 0.313 e. The van der Waals surface area contributed by atoms with Crippen LogP contribution in [0, 0.1) is 23.1 Å². The Labute approximate surface area is 155 Å². The van der Waals surface area contributed by atoms with Crippen LogP contribution in [0.15, 0.2) is 36.4 Å². The number of benzene rings is 2. The van der Waals surface area contributed by atoms with Gasteiger partial charge in [-0.2, -0.15) is 5.26 Å². The van der Waals surface area contributed by atoms with Crippen LogP contribution in [0.25, 0.3) is 0 Å². The minimum Gasteiger partial charge on any atom is -0.426 e. The maximum Gasteiger partial charge on any atom is 0.313 e. The van der Waals surface area contributed by atoms with Crippen LogP contribution in [0.3, 0.4) is 0 Å². The van der Waals surface area contributed by atoms with Gasteiger partial charge in [0.2, 0.25) is 0 Å². The topological polar surface area (TPSA) is 62.1 Å². The number of nitrogens with one attached hydrogen (secondary N) is 1. The molecule has 1 N–H and O–H groups in total. The van der Waals surface area contributed by atoms with E-state index in [9.17, 15) is 14.4 Å². The molecule has 0 aromatic heterocycles. The van der Waals surface area contributed by atoms with Crippen molar-refractivity contribution in [1.82, 2.24) is 0 Å². The molecule has 2 aromatic carbocycles. The summed E-state index contributed by atoms with van der Waals surface area (Å²) in [6.45, 7) is 3.41. The molecule has 0 aliphatic heterocycles. The van der Waals surface area contributed by atoms with Crippen molar-refractivity contribution < 1.29 is 13.9 Å². The van der Waals surface area contributed by atoms with E-state index in [1.54, 1.807) is 19.9 Å². The molecule has 1 atom stereocenters. The van der Waals surface area contributed by atoms with Crippen LogP contribution in [-0.4, -0.2) is 5.97 Å². The number of hydrogen-bond donors (Lipinski definition) is 1. The molecule has 0 saturated carbocycles. The van der Waals surface area contributed by atoms with E-state index in [2.05, 4.69) is 11.4 Å². The van der Waals surface area contributed by atoms with E-state index in [0.29, 0.717) is 16.3 Å². The van der Waals surface area contributed by atoms with E-state index in [0.717, 1.165) is 0 Å². The number of nitrogens with zero attached hydrogens (tertiary/aromatic N) is 1. The van der Waals surface area contributed by atoms with Gasteiger partial charge < -0.3 is 10.1 Å². The second-order valence-corrected chi connectivity index (χ2v) is 6.44. The zero-order chi connectivity index (χ0) is 18.6. The molecule has 2 rings (SSSR count). The first-order chi connectivity index (χ1) is 11.8. The van der Waals surface area contributed by atoms with Crippen molar-refractivity contribution in [2.45, 2.75) is 19.9 Å². The number of carbonyl (C=O) groups is 1. The van der Waals surface area contributed by atoms with Gasteiger partial charge in [0.25, 0.3) is 0 Å². The summed E-state index contributed by atoms with van der Waals surface area (Å²) in [6, 6.07) is 9.84. The maximum absolute atomic E-state index is 13.3. The van der Waals surface area contributed by atoms with Crippen LogP contribution in [-0.2, 0) is 4.79 Å². The highest BCUT2D eigenvalue weighted by atomic mass is 35.5. The Balaban J connectivity index is 2.35. The second kappa shape index (κ2) is 8.19. The van der Waals surface area contributed by atoms with Gasteiger partial charge >= 0.3 is 5.97 Å². The molecule has 0 bridgehead atoms. The predicted octanol–water partition coefficient (Wildman–Crippen LogP) is 5.37. The molecule has 0 fully saturated rings. The molecule has 1 unspecified atom stereocenters. The van der Waals surface area contributed by atoms with Crippen LogP contribution in [0.5, 0.6) is 5.75 Å². The SMILES string of the molecule is CC(C)C(=O)Oc1ccc(Cl)cc1C(C#N)Nc1ccc(F)c(Cl)c1. The number of esters is 1. The van der Waals surface area contributed by atoms with Gasteiger partial charge in [-0.25, -0.2) is 4.39 Å². The fraction of sp³-hybridized carbons (Fsp3) is 0.222. The molecule has 0 heterocycles. The van der Waals surface area contributed by atoms with E-state index in [1.807, 2.05) is 0 Å². The van der Waals surface area contributed by atoms with E-state index in [4.69, 9.17) is 27.9 Å². The first-order valence-electron chi connectivity index (χ1n) is 7.44. The molecule has 130 valence electrons. The fourth-order valence-corrected chi connectivity index (χ4v) is 2.36. The van der Waals surface area contributed by atoms with Crippen LogP contribution < -0.4 is 10.1 Å². The standard InChI is InChI=1S/C18H15Cl2FN2O2/c1-10(2)18(24)25-17-6-3-11(19)7-13(17)16(9-22)23-12-4-5-15(21)14(20)8-12/h3-8,10,16,23H,1-2H3. The van der Waals surface area contributed by atoms with Gasteiger partial charge in [-0.05, 0) is 36.4 Å². The molecule has 0 saturated heterocycles. The first kappa shape index (κ1) is 19.0. The first-order valence-corrected chi connectivity index (χ1v) is 8.19. The molecule has 7 heteroatoms. The van der Waals surface area contributed by atoms with Crippen molar-refractivity contribution >= 4 is 34.9 Å². The van der Waals surface area contributed by atoms with Crippen LogP contribution in [0.1, 0.15) is 25.5 Å². The molecule has 0 amide bonds. The Morgan fingerprint density at radius 2 is 1.96 bits per heavy atom. The van der Waals surface area contributed by atoms with Crippen molar-refractivity contribution in [3.8, 4) is 11.8 Å². The second-order valence-electron chi connectivity index (χ2n) is 5.59. The lowest BCUT2D eigenvalue weighted by atomic mass is 10.1. The lowest BCUT2D eigenvalue weighted by Crippen LogP contribution is -2.17. The van der Waals surface area contributed by atoms with E-state index < -0.39 is 17.8 Å². The van der Waals surface area contributed by atoms with Gasteiger partial charge in [0.05, 0.1) is 17.0 Å². The van der Waals surface area contributed by atoms with Crippen molar-refractivity contribution in [3.05, 3.63) is 57.8 Å². The van der Waals surface area contributed by atoms with Crippen LogP contribution >= 0.6 is 23.2 Å². The van der Waals surface area contributed by atoms with E-state index in [1.165, 1.54) is 30.3 Å². The Morgan fingerprint density at radius 1 is 1.24 bits per heavy atom. The van der Waals surface area contributed by atoms with Crippen molar-refractivity contribution in [3.63, 3.8) is 0 Å². The highest BCUT2D eigenvalue weighted by molar-refractivity contribution is 6.31. The minimum absolute atomic E-state index is 0.0701. The normalized spacial score (nSPS) is 11.7. The Kier molecular flexibility index (Phi) is 6.24. The average molecular weight is 381 g/mol. The lowest BCUT2D eigenvalue weighted by molar-refractivity contribution is -0.137. The number of rotatable bonds is 5. The van der Waals surface area contributed by atoms with E-state index >= 15 is 0 Å². The molecular weight excluding hydrogens is 366 g/mol. The number of carbonyl (C=O) groups excluding carboxylic acids is 1. The summed E-state index contributed by atoms with van der Waals surface area (Å²) >= 11 is 11.8. The summed E-state index contributed by atoms with van der Waals surface area (Å²) in [7, 11) is 0. The largest absolute Gasteiger partial charge is 0.426 e. The van der Waals surface area contributed by atoms with Gasteiger partial charge in [-0.1, -0.05) is 37.0 Å². The number of hydrogen-bond acceptors (Lipinski definition) is 4. The molecule has 25 heavy (non-hydrogen) atoms. The molecule has 0 spiro atoms.